The van der Waals surface area contributed by atoms with Crippen molar-refractivity contribution in [2.75, 3.05) is 32.7 Å². The molecule has 1 N–H and O–H groups in total. The zero-order chi connectivity index (χ0) is 13.3. The molecule has 0 aromatic carbocycles. The van der Waals surface area contributed by atoms with E-state index in [1.165, 1.54) is 64.6 Å². The highest BCUT2D eigenvalue weighted by molar-refractivity contribution is 5.66. The maximum atomic E-state index is 10.9. The van der Waals surface area contributed by atoms with E-state index in [2.05, 4.69) is 4.90 Å². The van der Waals surface area contributed by atoms with E-state index in [-0.39, 0.29) is 0 Å². The smallest absolute Gasteiger partial charge is 0.407 e. The number of carboxylic acid groups (broad SMARTS) is 1. The van der Waals surface area contributed by atoms with Crippen LogP contribution in [0.5, 0.6) is 0 Å². The summed E-state index contributed by atoms with van der Waals surface area (Å²) in [6.45, 7) is 5.21. The van der Waals surface area contributed by atoms with Crippen LogP contribution in [0.25, 0.3) is 0 Å². The number of piperidine rings is 1. The zero-order valence-electron chi connectivity index (χ0n) is 11.8. The predicted molar refractivity (Wildman–Crippen MR) is 74.3 cm³/mol. The van der Waals surface area contributed by atoms with Gasteiger partial charge in [-0.05, 0) is 44.7 Å². The SMILES string of the molecule is O=C(O)N1CC2(CCN(CC3CCCCC3)CC2)C1. The first-order valence-electron chi connectivity index (χ1n) is 7.87. The molecular weight excluding hydrogens is 240 g/mol. The van der Waals surface area contributed by atoms with Gasteiger partial charge in [-0.2, -0.15) is 0 Å². The molecule has 0 bridgehead atoms. The topological polar surface area (TPSA) is 43.8 Å². The van der Waals surface area contributed by atoms with Gasteiger partial charge in [0.1, 0.15) is 0 Å². The van der Waals surface area contributed by atoms with E-state index < -0.39 is 6.09 Å². The normalized spacial score (nSPS) is 28.3. The van der Waals surface area contributed by atoms with Crippen LogP contribution >= 0.6 is 0 Å². The summed E-state index contributed by atoms with van der Waals surface area (Å²) in [5.41, 5.74) is 0.335. The van der Waals surface area contributed by atoms with Gasteiger partial charge in [0.25, 0.3) is 0 Å². The number of amides is 1. The van der Waals surface area contributed by atoms with Crippen LogP contribution in [0.1, 0.15) is 44.9 Å². The Bertz CT molecular complexity index is 323. The first kappa shape index (κ1) is 13.2. The molecule has 0 aromatic rings. The molecule has 4 nitrogen and oxygen atoms in total. The van der Waals surface area contributed by atoms with Crippen molar-refractivity contribution in [2.45, 2.75) is 44.9 Å². The summed E-state index contributed by atoms with van der Waals surface area (Å²) >= 11 is 0. The van der Waals surface area contributed by atoms with Crippen LogP contribution in [0.3, 0.4) is 0 Å². The second kappa shape index (κ2) is 5.31. The number of hydrogen-bond acceptors (Lipinski definition) is 2. The van der Waals surface area contributed by atoms with Crippen molar-refractivity contribution in [1.82, 2.24) is 9.80 Å². The Balaban J connectivity index is 1.41. The van der Waals surface area contributed by atoms with Crippen molar-refractivity contribution < 1.29 is 9.90 Å². The van der Waals surface area contributed by atoms with Crippen LogP contribution < -0.4 is 0 Å². The van der Waals surface area contributed by atoms with Gasteiger partial charge >= 0.3 is 6.09 Å². The molecule has 108 valence electrons. The fraction of sp³-hybridized carbons (Fsp3) is 0.933. The number of likely N-dealkylation sites (tertiary alicyclic amines) is 2. The van der Waals surface area contributed by atoms with E-state index >= 15 is 0 Å². The lowest BCUT2D eigenvalue weighted by Gasteiger charge is -2.53. The van der Waals surface area contributed by atoms with E-state index in [1.54, 1.807) is 4.90 Å². The molecule has 2 heterocycles. The molecule has 3 aliphatic rings. The average Bonchev–Trinajstić information content (AvgIpc) is 2.38. The van der Waals surface area contributed by atoms with Gasteiger partial charge in [-0.25, -0.2) is 4.79 Å². The Morgan fingerprint density at radius 1 is 1.11 bits per heavy atom. The van der Waals surface area contributed by atoms with Crippen molar-refractivity contribution in [3.63, 3.8) is 0 Å². The number of hydrogen-bond donors (Lipinski definition) is 1. The molecule has 1 spiro atoms. The van der Waals surface area contributed by atoms with Crippen LogP contribution in [0.15, 0.2) is 0 Å². The van der Waals surface area contributed by atoms with Gasteiger partial charge < -0.3 is 14.9 Å². The van der Waals surface area contributed by atoms with Crippen LogP contribution in [0, 0.1) is 11.3 Å². The van der Waals surface area contributed by atoms with Crippen molar-refractivity contribution >= 4 is 6.09 Å². The highest BCUT2D eigenvalue weighted by atomic mass is 16.4. The molecule has 0 unspecified atom stereocenters. The molecule has 2 saturated heterocycles. The molecule has 2 aliphatic heterocycles. The molecular formula is C15H26N2O2. The fourth-order valence-corrected chi connectivity index (χ4v) is 4.16. The molecule has 1 saturated carbocycles. The Morgan fingerprint density at radius 2 is 1.74 bits per heavy atom. The molecule has 4 heteroatoms. The van der Waals surface area contributed by atoms with Gasteiger partial charge in [0.05, 0.1) is 0 Å². The minimum absolute atomic E-state index is 0.335. The molecule has 3 rings (SSSR count). The lowest BCUT2D eigenvalue weighted by molar-refractivity contribution is -0.0367. The van der Waals surface area contributed by atoms with Crippen LogP contribution in [0.2, 0.25) is 0 Å². The van der Waals surface area contributed by atoms with Crippen molar-refractivity contribution in [2.24, 2.45) is 11.3 Å². The number of nitrogens with zero attached hydrogens (tertiary/aromatic N) is 2. The lowest BCUT2D eigenvalue weighted by Crippen LogP contribution is -2.61. The van der Waals surface area contributed by atoms with Gasteiger partial charge in [-0.15, -0.1) is 0 Å². The number of carbonyl (C=O) groups is 1. The predicted octanol–water partition coefficient (Wildman–Crippen LogP) is 2.64. The van der Waals surface area contributed by atoms with Gasteiger partial charge in [0, 0.05) is 25.0 Å². The molecule has 19 heavy (non-hydrogen) atoms. The third-order valence-electron chi connectivity index (χ3n) is 5.48. The van der Waals surface area contributed by atoms with Gasteiger partial charge in [-0.3, -0.25) is 0 Å². The van der Waals surface area contributed by atoms with E-state index in [0.29, 0.717) is 5.41 Å². The van der Waals surface area contributed by atoms with E-state index in [4.69, 9.17) is 5.11 Å². The molecule has 0 radical (unpaired) electrons. The van der Waals surface area contributed by atoms with E-state index in [1.807, 2.05) is 0 Å². The maximum Gasteiger partial charge on any atom is 0.407 e. The van der Waals surface area contributed by atoms with Crippen LogP contribution in [-0.4, -0.2) is 53.7 Å². The highest BCUT2D eigenvalue weighted by Crippen LogP contribution is 2.40. The highest BCUT2D eigenvalue weighted by Gasteiger charge is 2.46. The van der Waals surface area contributed by atoms with Gasteiger partial charge in [-0.1, -0.05) is 19.3 Å². The summed E-state index contributed by atoms with van der Waals surface area (Å²) in [5.74, 6) is 0.930. The number of rotatable bonds is 2. The van der Waals surface area contributed by atoms with Crippen molar-refractivity contribution in [3.8, 4) is 0 Å². The van der Waals surface area contributed by atoms with Crippen molar-refractivity contribution in [1.29, 1.82) is 0 Å². The second-order valence-electron chi connectivity index (χ2n) is 6.94. The van der Waals surface area contributed by atoms with Crippen LogP contribution in [0.4, 0.5) is 4.79 Å². The Kier molecular flexibility index (Phi) is 3.70. The Morgan fingerprint density at radius 3 is 2.32 bits per heavy atom. The summed E-state index contributed by atoms with van der Waals surface area (Å²) < 4.78 is 0. The molecule has 0 aromatic heterocycles. The van der Waals surface area contributed by atoms with E-state index in [9.17, 15) is 4.79 Å². The second-order valence-corrected chi connectivity index (χ2v) is 6.94. The Hall–Kier alpha value is -0.770. The van der Waals surface area contributed by atoms with E-state index in [0.717, 1.165) is 19.0 Å². The quantitative estimate of drug-likeness (QED) is 0.835. The third kappa shape index (κ3) is 2.88. The van der Waals surface area contributed by atoms with Crippen molar-refractivity contribution in [3.05, 3.63) is 0 Å². The van der Waals surface area contributed by atoms with Gasteiger partial charge in [0.15, 0.2) is 0 Å². The first-order chi connectivity index (χ1) is 9.17. The maximum absolute atomic E-state index is 10.9. The molecule has 1 aliphatic carbocycles. The molecule has 3 fully saturated rings. The third-order valence-corrected chi connectivity index (χ3v) is 5.48. The average molecular weight is 266 g/mol. The van der Waals surface area contributed by atoms with Gasteiger partial charge in [0.2, 0.25) is 0 Å². The first-order valence-corrected chi connectivity index (χ1v) is 7.87. The Labute approximate surface area is 115 Å². The molecule has 0 atom stereocenters. The van der Waals surface area contributed by atoms with Crippen LogP contribution in [-0.2, 0) is 0 Å². The standard InChI is InChI=1S/C15H26N2O2/c18-14(19)17-11-15(12-17)6-8-16(9-7-15)10-13-4-2-1-3-5-13/h13H,1-12H2,(H,18,19). The minimum Gasteiger partial charge on any atom is -0.465 e. The summed E-state index contributed by atoms with van der Waals surface area (Å²) in [6.07, 6.45) is 8.79. The largest absolute Gasteiger partial charge is 0.465 e. The summed E-state index contributed by atoms with van der Waals surface area (Å²) in [6, 6.07) is 0. The lowest BCUT2D eigenvalue weighted by atomic mass is 9.72. The summed E-state index contributed by atoms with van der Waals surface area (Å²) in [7, 11) is 0. The fourth-order valence-electron chi connectivity index (χ4n) is 4.16. The monoisotopic (exact) mass is 266 g/mol. The molecule has 1 amide bonds. The zero-order valence-corrected chi connectivity index (χ0v) is 11.8. The summed E-state index contributed by atoms with van der Waals surface area (Å²) in [5, 5.41) is 8.93. The summed E-state index contributed by atoms with van der Waals surface area (Å²) in [4.78, 5) is 15.0. The minimum atomic E-state index is -0.740.